The first-order valence-electron chi connectivity index (χ1n) is 8.01. The number of aliphatic hydroxyl groups excluding tert-OH is 1. The van der Waals surface area contributed by atoms with E-state index in [9.17, 15) is 4.39 Å². The van der Waals surface area contributed by atoms with Gasteiger partial charge in [-0.3, -0.25) is 0 Å². The molecule has 0 bridgehead atoms. The number of halogens is 3. The number of hydrogen-bond acceptors (Lipinski definition) is 4. The van der Waals surface area contributed by atoms with Crippen molar-refractivity contribution in [3.05, 3.63) is 51.6 Å². The molecule has 2 rings (SSSR count). The molecule has 2 heterocycles. The Morgan fingerprint density at radius 3 is 1.84 bits per heavy atom. The third-order valence-electron chi connectivity index (χ3n) is 2.88. The van der Waals surface area contributed by atoms with Gasteiger partial charge in [0.15, 0.2) is 0 Å². The summed E-state index contributed by atoms with van der Waals surface area (Å²) in [6.45, 7) is 7.85. The molecule has 7 heteroatoms. The topological polar surface area (TPSA) is 55.2 Å². The van der Waals surface area contributed by atoms with E-state index in [-0.39, 0.29) is 12.2 Å². The second-order valence-corrected chi connectivity index (χ2v) is 7.04. The minimum absolute atomic E-state index is 0.116. The van der Waals surface area contributed by atoms with E-state index in [2.05, 4.69) is 48.8 Å². The normalized spacial score (nSPS) is 12.0. The van der Waals surface area contributed by atoms with Crippen LogP contribution in [-0.4, -0.2) is 27.3 Å². The molecule has 4 nitrogen and oxygen atoms in total. The molecule has 2 aromatic rings. The summed E-state index contributed by atoms with van der Waals surface area (Å²) in [5.41, 5.74) is 0. The molecule has 1 N–H and O–H groups in total. The highest BCUT2D eigenvalue weighted by Crippen LogP contribution is 2.13. The van der Waals surface area contributed by atoms with Gasteiger partial charge >= 0.3 is 0 Å². The van der Waals surface area contributed by atoms with Gasteiger partial charge in [-0.1, -0.05) is 13.8 Å². The molecule has 0 amide bonds. The van der Waals surface area contributed by atoms with Crippen LogP contribution in [0, 0.1) is 5.95 Å². The molecular weight excluding hydrogens is 455 g/mol. The van der Waals surface area contributed by atoms with Crippen molar-refractivity contribution in [3.8, 4) is 5.88 Å². The van der Waals surface area contributed by atoms with Crippen LogP contribution in [0.25, 0.3) is 0 Å². The van der Waals surface area contributed by atoms with Gasteiger partial charge in [-0.25, -0.2) is 9.97 Å². The smallest absolute Gasteiger partial charge is 0.213 e. The number of nitrogens with zero attached hydrogens (tertiary/aromatic N) is 2. The van der Waals surface area contributed by atoms with Gasteiger partial charge in [-0.2, -0.15) is 4.39 Å². The summed E-state index contributed by atoms with van der Waals surface area (Å²) < 4.78 is 19.2. The van der Waals surface area contributed by atoms with Crippen LogP contribution in [0.2, 0.25) is 0 Å². The molecule has 0 unspecified atom stereocenters. The summed E-state index contributed by atoms with van der Waals surface area (Å²) >= 11 is 6.43. The maximum Gasteiger partial charge on any atom is 0.213 e. The molecule has 0 spiro atoms. The largest absolute Gasteiger partial charge is 0.475 e. The van der Waals surface area contributed by atoms with E-state index < -0.39 is 5.95 Å². The number of aliphatic hydroxyl groups is 1. The highest BCUT2D eigenvalue weighted by atomic mass is 79.9. The third-order valence-corrected chi connectivity index (χ3v) is 3.82. The van der Waals surface area contributed by atoms with Gasteiger partial charge in [-0.05, 0) is 76.7 Å². The SMILES string of the molecule is CC[C@@H](C)O.CC[C@@H](C)Oc1ccc(Br)cn1.Fc1ccc(Br)cn1. The van der Waals surface area contributed by atoms with E-state index >= 15 is 0 Å². The molecule has 0 radical (unpaired) electrons. The average Bonchev–Trinajstić information content (AvgIpc) is 2.60. The van der Waals surface area contributed by atoms with Gasteiger partial charge in [-0.15, -0.1) is 0 Å². The van der Waals surface area contributed by atoms with E-state index in [1.165, 1.54) is 12.3 Å². The van der Waals surface area contributed by atoms with Crippen molar-refractivity contribution < 1.29 is 14.2 Å². The Bertz CT molecular complexity index is 545. The van der Waals surface area contributed by atoms with E-state index in [0.29, 0.717) is 5.88 Å². The van der Waals surface area contributed by atoms with E-state index in [1.54, 1.807) is 19.2 Å². The number of aromatic nitrogens is 2. The molecule has 0 aliphatic carbocycles. The number of ether oxygens (including phenoxy) is 1. The Labute approximate surface area is 166 Å². The summed E-state index contributed by atoms with van der Waals surface area (Å²) in [4.78, 5) is 7.46. The highest BCUT2D eigenvalue weighted by molar-refractivity contribution is 9.10. The predicted octanol–water partition coefficient (Wildman–Crippen LogP) is 5.78. The molecule has 140 valence electrons. The Balaban J connectivity index is 0.000000382. The van der Waals surface area contributed by atoms with Crippen molar-refractivity contribution in [2.24, 2.45) is 0 Å². The molecule has 0 aromatic carbocycles. The molecule has 0 saturated carbocycles. The van der Waals surface area contributed by atoms with Crippen molar-refractivity contribution >= 4 is 31.9 Å². The fourth-order valence-corrected chi connectivity index (χ4v) is 1.55. The lowest BCUT2D eigenvalue weighted by atomic mass is 10.3. The molecule has 0 fully saturated rings. The van der Waals surface area contributed by atoms with Gasteiger partial charge in [0.2, 0.25) is 11.8 Å². The van der Waals surface area contributed by atoms with Crippen molar-refractivity contribution in [1.29, 1.82) is 0 Å². The lowest BCUT2D eigenvalue weighted by Crippen LogP contribution is -2.10. The monoisotopic (exact) mass is 478 g/mol. The summed E-state index contributed by atoms with van der Waals surface area (Å²) in [6.07, 6.45) is 5.12. The van der Waals surface area contributed by atoms with E-state index in [1.807, 2.05) is 26.0 Å². The number of hydrogen-bond donors (Lipinski definition) is 1. The molecule has 2 atom stereocenters. The number of rotatable bonds is 4. The average molecular weight is 480 g/mol. The van der Waals surface area contributed by atoms with Crippen LogP contribution in [0.3, 0.4) is 0 Å². The lowest BCUT2D eigenvalue weighted by molar-refractivity contribution is 0.191. The second-order valence-electron chi connectivity index (χ2n) is 5.21. The Morgan fingerprint density at radius 1 is 1.00 bits per heavy atom. The minimum Gasteiger partial charge on any atom is -0.475 e. The maximum absolute atomic E-state index is 12.0. The van der Waals surface area contributed by atoms with Crippen LogP contribution >= 0.6 is 31.9 Å². The van der Waals surface area contributed by atoms with Crippen LogP contribution in [0.15, 0.2) is 45.6 Å². The Hall–Kier alpha value is -1.05. The summed E-state index contributed by atoms with van der Waals surface area (Å²) in [5.74, 6) is 0.237. The lowest BCUT2D eigenvalue weighted by Gasteiger charge is -2.10. The highest BCUT2D eigenvalue weighted by Gasteiger charge is 2.00. The van der Waals surface area contributed by atoms with Crippen molar-refractivity contribution in [3.63, 3.8) is 0 Å². The van der Waals surface area contributed by atoms with Crippen LogP contribution in [0.5, 0.6) is 5.88 Å². The predicted molar refractivity (Wildman–Crippen MR) is 106 cm³/mol. The third kappa shape index (κ3) is 13.9. The van der Waals surface area contributed by atoms with Gasteiger partial charge < -0.3 is 9.84 Å². The summed E-state index contributed by atoms with van der Waals surface area (Å²) in [6, 6.07) is 6.67. The van der Waals surface area contributed by atoms with Gasteiger partial charge in [0.1, 0.15) is 0 Å². The van der Waals surface area contributed by atoms with Crippen molar-refractivity contribution in [2.45, 2.75) is 52.7 Å². The standard InChI is InChI=1S/C9H12BrNO.C5H3BrFN.C4H10O/c1-3-7(2)12-9-5-4-8(10)6-11-9;6-4-1-2-5(7)8-3-4;1-3-4(2)5/h4-7H,3H2,1-2H3;1-3H;4-5H,3H2,1-2H3/t7-;;4-/m1.1/s1. The van der Waals surface area contributed by atoms with Crippen LogP contribution in [0.1, 0.15) is 40.5 Å². The summed E-state index contributed by atoms with van der Waals surface area (Å²) in [5, 5.41) is 8.36. The first-order valence-corrected chi connectivity index (χ1v) is 9.60. The summed E-state index contributed by atoms with van der Waals surface area (Å²) in [7, 11) is 0. The fraction of sp³-hybridized carbons (Fsp3) is 0.444. The second kappa shape index (κ2) is 14.2. The van der Waals surface area contributed by atoms with Crippen LogP contribution < -0.4 is 4.74 Å². The minimum atomic E-state index is -0.451. The van der Waals surface area contributed by atoms with E-state index in [0.717, 1.165) is 21.8 Å². The molecule has 2 aromatic heterocycles. The zero-order chi connectivity index (χ0) is 19.2. The van der Waals surface area contributed by atoms with Crippen molar-refractivity contribution in [2.75, 3.05) is 0 Å². The molecule has 25 heavy (non-hydrogen) atoms. The first-order chi connectivity index (χ1) is 11.8. The quantitative estimate of drug-likeness (QED) is 0.564. The Morgan fingerprint density at radius 2 is 1.52 bits per heavy atom. The van der Waals surface area contributed by atoms with Gasteiger partial charge in [0, 0.05) is 27.4 Å². The van der Waals surface area contributed by atoms with Crippen molar-refractivity contribution in [1.82, 2.24) is 9.97 Å². The molecule has 0 aliphatic heterocycles. The maximum atomic E-state index is 12.0. The zero-order valence-electron chi connectivity index (χ0n) is 14.9. The zero-order valence-corrected chi connectivity index (χ0v) is 18.1. The van der Waals surface area contributed by atoms with Gasteiger partial charge in [0.05, 0.1) is 12.2 Å². The first kappa shape index (κ1) is 23.9. The fourth-order valence-electron chi connectivity index (χ4n) is 1.08. The van der Waals surface area contributed by atoms with Crippen LogP contribution in [-0.2, 0) is 0 Å². The van der Waals surface area contributed by atoms with Crippen LogP contribution in [0.4, 0.5) is 4.39 Å². The van der Waals surface area contributed by atoms with Gasteiger partial charge in [0.25, 0.3) is 0 Å². The number of pyridine rings is 2. The molecular formula is C18H25Br2FN2O2. The molecule has 0 saturated heterocycles. The van der Waals surface area contributed by atoms with E-state index in [4.69, 9.17) is 9.84 Å². The Kier molecular flexibility index (Phi) is 13.6. The molecule has 0 aliphatic rings.